The van der Waals surface area contributed by atoms with Crippen molar-refractivity contribution in [3.05, 3.63) is 99.2 Å². The zero-order chi connectivity index (χ0) is 28.8. The maximum atomic E-state index is 13.3. The first kappa shape index (κ1) is 28.5. The molecule has 0 unspecified atom stereocenters. The summed E-state index contributed by atoms with van der Waals surface area (Å²) < 4.78 is 18.4. The van der Waals surface area contributed by atoms with E-state index in [9.17, 15) is 28.4 Å². The van der Waals surface area contributed by atoms with Crippen LogP contribution in [0.15, 0.2) is 71.6 Å². The fourth-order valence-electron chi connectivity index (χ4n) is 3.47. The summed E-state index contributed by atoms with van der Waals surface area (Å²) in [6, 6.07) is 16.7. The van der Waals surface area contributed by atoms with Crippen molar-refractivity contribution in [1.29, 1.82) is 0 Å². The van der Waals surface area contributed by atoms with Crippen molar-refractivity contribution in [2.24, 2.45) is 0 Å². The van der Waals surface area contributed by atoms with Crippen LogP contribution in [0.2, 0.25) is 5.02 Å². The fourth-order valence-corrected chi connectivity index (χ4v) is 4.49. The lowest BCUT2D eigenvalue weighted by molar-refractivity contribution is -0.127. The second-order valence-corrected chi connectivity index (χ2v) is 9.96. The zero-order valence-electron chi connectivity index (χ0n) is 20.9. The normalized spacial score (nSPS) is 13.9. The Hall–Kier alpha value is -4.48. The number of esters is 1. The summed E-state index contributed by atoms with van der Waals surface area (Å²) in [6.45, 7) is 0.910. The number of carbonyl (C=O) groups excluding carboxylic acids is 5. The van der Waals surface area contributed by atoms with Crippen molar-refractivity contribution in [1.82, 2.24) is 4.90 Å². The van der Waals surface area contributed by atoms with Crippen LogP contribution in [0.1, 0.15) is 21.5 Å². The molecule has 12 heteroatoms. The van der Waals surface area contributed by atoms with Gasteiger partial charge in [0.2, 0.25) is 5.91 Å². The number of nitrogens with zero attached hydrogens (tertiary/aromatic N) is 1. The van der Waals surface area contributed by atoms with Crippen molar-refractivity contribution in [2.75, 3.05) is 23.8 Å². The van der Waals surface area contributed by atoms with E-state index in [1.807, 2.05) is 19.1 Å². The number of imide groups is 1. The molecule has 40 heavy (non-hydrogen) atoms. The highest BCUT2D eigenvalue weighted by Crippen LogP contribution is 2.32. The monoisotopic (exact) mass is 581 g/mol. The molecule has 4 rings (SSSR count). The molecule has 1 saturated heterocycles. The number of amides is 4. The summed E-state index contributed by atoms with van der Waals surface area (Å²) in [4.78, 5) is 62.6. The molecule has 3 aromatic carbocycles. The molecule has 3 aromatic rings. The number of anilines is 2. The van der Waals surface area contributed by atoms with Gasteiger partial charge in [-0.3, -0.25) is 24.1 Å². The van der Waals surface area contributed by atoms with Gasteiger partial charge in [0.15, 0.2) is 6.61 Å². The van der Waals surface area contributed by atoms with Crippen molar-refractivity contribution in [3.8, 4) is 0 Å². The van der Waals surface area contributed by atoms with Crippen molar-refractivity contribution < 1.29 is 33.1 Å². The average Bonchev–Trinajstić information content (AvgIpc) is 3.18. The maximum absolute atomic E-state index is 13.3. The number of aryl methyl sites for hydroxylation is 1. The largest absolute Gasteiger partial charge is 0.452 e. The van der Waals surface area contributed by atoms with Gasteiger partial charge in [0, 0.05) is 11.4 Å². The van der Waals surface area contributed by atoms with Gasteiger partial charge in [0.1, 0.15) is 12.4 Å². The maximum Gasteiger partial charge on any atom is 0.338 e. The first-order valence-electron chi connectivity index (χ1n) is 11.7. The Labute approximate surface area is 237 Å². The van der Waals surface area contributed by atoms with Crippen LogP contribution in [0, 0.1) is 12.7 Å². The Kier molecular flexibility index (Phi) is 8.97. The van der Waals surface area contributed by atoms with Gasteiger partial charge in [-0.15, -0.1) is 0 Å². The van der Waals surface area contributed by atoms with Crippen LogP contribution in [0.25, 0.3) is 6.08 Å². The van der Waals surface area contributed by atoms with E-state index in [4.69, 9.17) is 16.3 Å². The quantitative estimate of drug-likeness (QED) is 0.275. The zero-order valence-corrected chi connectivity index (χ0v) is 22.5. The lowest BCUT2D eigenvalue weighted by Gasteiger charge is -2.12. The molecule has 0 spiro atoms. The lowest BCUT2D eigenvalue weighted by atomic mass is 10.1. The van der Waals surface area contributed by atoms with E-state index < -0.39 is 47.9 Å². The molecule has 1 aliphatic heterocycles. The van der Waals surface area contributed by atoms with E-state index in [1.54, 1.807) is 24.3 Å². The third-order valence-electron chi connectivity index (χ3n) is 5.49. The smallest absolute Gasteiger partial charge is 0.338 e. The Balaban J connectivity index is 1.31. The fraction of sp³-hybridized carbons (Fsp3) is 0.107. The molecule has 4 amide bonds. The molecule has 1 fully saturated rings. The molecule has 0 atom stereocenters. The van der Waals surface area contributed by atoms with E-state index in [0.717, 1.165) is 16.5 Å². The molecule has 0 aromatic heterocycles. The molecule has 204 valence electrons. The average molecular weight is 582 g/mol. The Morgan fingerprint density at radius 1 is 0.950 bits per heavy atom. The third-order valence-corrected chi connectivity index (χ3v) is 6.69. The number of rotatable bonds is 8. The number of carbonyl (C=O) groups is 5. The first-order chi connectivity index (χ1) is 19.1. The van der Waals surface area contributed by atoms with Gasteiger partial charge in [-0.1, -0.05) is 41.4 Å². The van der Waals surface area contributed by atoms with Crippen LogP contribution in [0.5, 0.6) is 0 Å². The molecule has 1 aliphatic rings. The predicted molar refractivity (Wildman–Crippen MR) is 149 cm³/mol. The number of hydrogen-bond donors (Lipinski definition) is 2. The first-order valence-corrected chi connectivity index (χ1v) is 12.9. The summed E-state index contributed by atoms with van der Waals surface area (Å²) in [6.07, 6.45) is 1.45. The van der Waals surface area contributed by atoms with Gasteiger partial charge in [0.25, 0.3) is 17.1 Å². The van der Waals surface area contributed by atoms with Crippen molar-refractivity contribution in [3.63, 3.8) is 0 Å². The van der Waals surface area contributed by atoms with Crippen molar-refractivity contribution in [2.45, 2.75) is 6.92 Å². The van der Waals surface area contributed by atoms with Crippen LogP contribution in [0.3, 0.4) is 0 Å². The Morgan fingerprint density at radius 3 is 2.27 bits per heavy atom. The summed E-state index contributed by atoms with van der Waals surface area (Å²) >= 11 is 6.36. The standard InChI is InChI=1S/C28H21ClFN3O6S/c1-16-2-8-19(9-3-16)31-25(35)15-39-27(37)18-6-4-17(5-7-18)12-23-26(36)33(28(38)40-23)14-24(34)32-20-10-11-22(30)21(29)13-20/h2-13H,14-15H2,1H3,(H,31,35)(H,32,34)/b23-12-. The highest BCUT2D eigenvalue weighted by molar-refractivity contribution is 8.18. The SMILES string of the molecule is Cc1ccc(NC(=O)COC(=O)c2ccc(/C=C3\SC(=O)N(CC(=O)Nc4ccc(F)c(Cl)c4)C3=O)cc2)cc1. The highest BCUT2D eigenvalue weighted by atomic mass is 35.5. The minimum atomic E-state index is -0.709. The molecule has 1 heterocycles. The van der Waals surface area contributed by atoms with Gasteiger partial charge in [-0.25, -0.2) is 9.18 Å². The molecular formula is C28H21ClFN3O6S. The van der Waals surface area contributed by atoms with Crippen LogP contribution in [-0.4, -0.2) is 47.0 Å². The molecule has 9 nitrogen and oxygen atoms in total. The van der Waals surface area contributed by atoms with Gasteiger partial charge in [0.05, 0.1) is 15.5 Å². The Morgan fingerprint density at radius 2 is 1.60 bits per heavy atom. The molecule has 0 aliphatic carbocycles. The van der Waals surface area contributed by atoms with Crippen LogP contribution in [0.4, 0.5) is 20.6 Å². The highest BCUT2D eigenvalue weighted by Gasteiger charge is 2.36. The second kappa shape index (κ2) is 12.6. The van der Waals surface area contributed by atoms with Gasteiger partial charge in [-0.05, 0) is 72.8 Å². The lowest BCUT2D eigenvalue weighted by Crippen LogP contribution is -2.36. The Bertz CT molecular complexity index is 1530. The van der Waals surface area contributed by atoms with E-state index in [-0.39, 0.29) is 21.2 Å². The van der Waals surface area contributed by atoms with Crippen LogP contribution < -0.4 is 10.6 Å². The third kappa shape index (κ3) is 7.33. The number of benzene rings is 3. The van der Waals surface area contributed by atoms with Gasteiger partial charge >= 0.3 is 5.97 Å². The van der Waals surface area contributed by atoms with E-state index in [0.29, 0.717) is 23.0 Å². The summed E-state index contributed by atoms with van der Waals surface area (Å²) in [7, 11) is 0. The van der Waals surface area contributed by atoms with E-state index in [2.05, 4.69) is 10.6 Å². The topological polar surface area (TPSA) is 122 Å². The predicted octanol–water partition coefficient (Wildman–Crippen LogP) is 5.26. The van der Waals surface area contributed by atoms with E-state index in [1.165, 1.54) is 30.3 Å². The molecule has 0 saturated carbocycles. The number of thioether (sulfide) groups is 1. The molecule has 0 radical (unpaired) electrons. The number of halogens is 2. The minimum Gasteiger partial charge on any atom is -0.452 e. The van der Waals surface area contributed by atoms with Gasteiger partial charge in [-0.2, -0.15) is 0 Å². The van der Waals surface area contributed by atoms with Crippen molar-refractivity contribution >= 4 is 69.7 Å². The number of nitrogens with one attached hydrogen (secondary N) is 2. The van der Waals surface area contributed by atoms with Crippen LogP contribution >= 0.6 is 23.4 Å². The summed E-state index contributed by atoms with van der Waals surface area (Å²) in [5.41, 5.74) is 2.54. The van der Waals surface area contributed by atoms with Crippen LogP contribution in [-0.2, 0) is 19.1 Å². The van der Waals surface area contributed by atoms with Gasteiger partial charge < -0.3 is 15.4 Å². The molecule has 2 N–H and O–H groups in total. The molecular weight excluding hydrogens is 561 g/mol. The number of ether oxygens (including phenoxy) is 1. The number of hydrogen-bond acceptors (Lipinski definition) is 7. The second-order valence-electron chi connectivity index (χ2n) is 8.56. The minimum absolute atomic E-state index is 0.0886. The summed E-state index contributed by atoms with van der Waals surface area (Å²) in [5.74, 6) is -3.17. The summed E-state index contributed by atoms with van der Waals surface area (Å²) in [5, 5.41) is 4.27. The van der Waals surface area contributed by atoms with E-state index >= 15 is 0 Å². The molecule has 0 bridgehead atoms.